The molecular weight excluding hydrogens is 204 g/mol. The number of rotatable bonds is 4. The average molecular weight is 220 g/mol. The van der Waals surface area contributed by atoms with E-state index in [0.717, 1.165) is 29.9 Å². The molecule has 0 saturated carbocycles. The molecule has 0 amide bonds. The van der Waals surface area contributed by atoms with Gasteiger partial charge in [-0.3, -0.25) is 0 Å². The molecule has 2 heterocycles. The Labute approximate surface area is 94.3 Å². The number of aromatic nitrogens is 5. The van der Waals surface area contributed by atoms with Crippen molar-refractivity contribution in [2.75, 3.05) is 18.5 Å². The number of hydrogen-bond acceptors (Lipinski definition) is 5. The molecule has 0 aromatic carbocycles. The van der Waals surface area contributed by atoms with Crippen molar-refractivity contribution in [1.29, 1.82) is 0 Å². The van der Waals surface area contributed by atoms with Crippen molar-refractivity contribution in [2.24, 2.45) is 7.05 Å². The van der Waals surface area contributed by atoms with Crippen LogP contribution in [0.2, 0.25) is 0 Å². The topological polar surface area (TPSA) is 59.7 Å². The summed E-state index contributed by atoms with van der Waals surface area (Å²) < 4.78 is 1.66. The average Bonchev–Trinajstić information content (AvgIpc) is 2.68. The zero-order valence-electron chi connectivity index (χ0n) is 9.88. The third-order valence-corrected chi connectivity index (χ3v) is 2.58. The monoisotopic (exact) mass is 220 g/mol. The van der Waals surface area contributed by atoms with Gasteiger partial charge in [-0.05, 0) is 6.42 Å². The van der Waals surface area contributed by atoms with Gasteiger partial charge in [0.1, 0.15) is 6.33 Å². The Bertz CT molecular complexity index is 477. The van der Waals surface area contributed by atoms with Crippen molar-refractivity contribution in [3.05, 3.63) is 6.33 Å². The van der Waals surface area contributed by atoms with Crippen molar-refractivity contribution < 1.29 is 0 Å². The Balaban J connectivity index is 2.36. The van der Waals surface area contributed by atoms with Crippen LogP contribution >= 0.6 is 0 Å². The standard InChI is InChI=1S/C10H16N6/c1-4-5-6-15(2)9-8-10(12-7-11-9)16(3)14-13-8/h7H,4-6H2,1-3H3. The number of unbranched alkanes of at least 4 members (excludes halogenated alkanes) is 1. The van der Waals surface area contributed by atoms with Crippen molar-refractivity contribution in [3.8, 4) is 0 Å². The first-order valence-electron chi connectivity index (χ1n) is 5.45. The van der Waals surface area contributed by atoms with Crippen LogP contribution in [-0.2, 0) is 7.05 Å². The molecule has 0 aliphatic carbocycles. The molecule has 2 aromatic rings. The highest BCUT2D eigenvalue weighted by Crippen LogP contribution is 2.18. The van der Waals surface area contributed by atoms with Crippen LogP contribution < -0.4 is 4.90 Å². The molecule has 0 aliphatic rings. The van der Waals surface area contributed by atoms with Gasteiger partial charge in [-0.15, -0.1) is 5.10 Å². The number of fused-ring (bicyclic) bond motifs is 1. The summed E-state index contributed by atoms with van der Waals surface area (Å²) in [5.41, 5.74) is 1.54. The molecule has 86 valence electrons. The molecule has 6 nitrogen and oxygen atoms in total. The molecule has 16 heavy (non-hydrogen) atoms. The summed E-state index contributed by atoms with van der Waals surface area (Å²) in [5.74, 6) is 0.853. The summed E-state index contributed by atoms with van der Waals surface area (Å²) in [7, 11) is 3.85. The maximum Gasteiger partial charge on any atom is 0.183 e. The van der Waals surface area contributed by atoms with Gasteiger partial charge in [0.2, 0.25) is 0 Å². The molecule has 0 atom stereocenters. The summed E-state index contributed by atoms with van der Waals surface area (Å²) >= 11 is 0. The summed E-state index contributed by atoms with van der Waals surface area (Å²) in [6, 6.07) is 0. The number of hydrogen-bond donors (Lipinski definition) is 0. The van der Waals surface area contributed by atoms with Crippen LogP contribution in [0.15, 0.2) is 6.33 Å². The molecule has 0 spiro atoms. The van der Waals surface area contributed by atoms with Gasteiger partial charge in [0, 0.05) is 20.6 Å². The molecule has 0 saturated heterocycles. The van der Waals surface area contributed by atoms with Crippen LogP contribution in [0.3, 0.4) is 0 Å². The molecule has 2 rings (SSSR count). The van der Waals surface area contributed by atoms with Gasteiger partial charge in [0.05, 0.1) is 0 Å². The van der Waals surface area contributed by atoms with Crippen LogP contribution in [0.25, 0.3) is 11.2 Å². The molecule has 0 aliphatic heterocycles. The first-order valence-corrected chi connectivity index (χ1v) is 5.45. The minimum atomic E-state index is 0.767. The number of nitrogens with zero attached hydrogens (tertiary/aromatic N) is 6. The fourth-order valence-electron chi connectivity index (χ4n) is 1.62. The Hall–Kier alpha value is -1.72. The predicted molar refractivity (Wildman–Crippen MR) is 62.3 cm³/mol. The van der Waals surface area contributed by atoms with Gasteiger partial charge >= 0.3 is 0 Å². The second-order valence-electron chi connectivity index (χ2n) is 3.86. The lowest BCUT2D eigenvalue weighted by Gasteiger charge is -2.17. The first-order chi connectivity index (χ1) is 7.74. The lowest BCUT2D eigenvalue weighted by atomic mass is 10.3. The van der Waals surface area contributed by atoms with Crippen molar-refractivity contribution >= 4 is 17.0 Å². The van der Waals surface area contributed by atoms with Gasteiger partial charge in [-0.2, -0.15) is 0 Å². The highest BCUT2D eigenvalue weighted by molar-refractivity contribution is 5.82. The Morgan fingerprint density at radius 3 is 2.94 bits per heavy atom. The SMILES string of the molecule is CCCCN(C)c1ncnc2c1nnn2C. The Morgan fingerprint density at radius 2 is 2.19 bits per heavy atom. The highest BCUT2D eigenvalue weighted by atomic mass is 15.4. The van der Waals surface area contributed by atoms with Gasteiger partial charge in [0.25, 0.3) is 0 Å². The first kappa shape index (κ1) is 10.8. The van der Waals surface area contributed by atoms with Crippen molar-refractivity contribution in [1.82, 2.24) is 25.0 Å². The Kier molecular flexibility index (Phi) is 2.98. The minimum absolute atomic E-state index is 0.767. The van der Waals surface area contributed by atoms with Gasteiger partial charge in [-0.25, -0.2) is 14.6 Å². The largest absolute Gasteiger partial charge is 0.358 e. The van der Waals surface area contributed by atoms with Gasteiger partial charge in [0.15, 0.2) is 17.0 Å². The summed E-state index contributed by atoms with van der Waals surface area (Å²) in [6.45, 7) is 3.14. The van der Waals surface area contributed by atoms with Crippen LogP contribution in [0.1, 0.15) is 19.8 Å². The molecule has 0 bridgehead atoms. The van der Waals surface area contributed by atoms with Crippen LogP contribution in [0.5, 0.6) is 0 Å². The molecule has 0 fully saturated rings. The van der Waals surface area contributed by atoms with Crippen LogP contribution in [-0.4, -0.2) is 38.6 Å². The van der Waals surface area contributed by atoms with E-state index >= 15 is 0 Å². The van der Waals surface area contributed by atoms with Gasteiger partial charge in [-0.1, -0.05) is 18.6 Å². The van der Waals surface area contributed by atoms with Crippen molar-refractivity contribution in [3.63, 3.8) is 0 Å². The molecule has 0 unspecified atom stereocenters. The normalized spacial score (nSPS) is 10.9. The maximum absolute atomic E-state index is 4.27. The quantitative estimate of drug-likeness (QED) is 0.769. The van der Waals surface area contributed by atoms with E-state index in [1.165, 1.54) is 6.42 Å². The molecule has 2 aromatic heterocycles. The summed E-state index contributed by atoms with van der Waals surface area (Å²) in [4.78, 5) is 10.5. The van der Waals surface area contributed by atoms with E-state index in [0.29, 0.717) is 0 Å². The van der Waals surface area contributed by atoms with Crippen LogP contribution in [0.4, 0.5) is 5.82 Å². The second kappa shape index (κ2) is 4.42. The second-order valence-corrected chi connectivity index (χ2v) is 3.86. The van der Waals surface area contributed by atoms with E-state index in [1.54, 1.807) is 11.0 Å². The van der Waals surface area contributed by atoms with E-state index in [9.17, 15) is 0 Å². The minimum Gasteiger partial charge on any atom is -0.358 e. The van der Waals surface area contributed by atoms with E-state index in [1.807, 2.05) is 14.1 Å². The fourth-order valence-corrected chi connectivity index (χ4v) is 1.62. The number of aryl methyl sites for hydroxylation is 1. The molecule has 0 radical (unpaired) electrons. The van der Waals surface area contributed by atoms with Gasteiger partial charge < -0.3 is 4.90 Å². The Morgan fingerprint density at radius 1 is 1.38 bits per heavy atom. The lowest BCUT2D eigenvalue weighted by molar-refractivity contribution is 0.729. The van der Waals surface area contributed by atoms with E-state index in [4.69, 9.17) is 0 Å². The van der Waals surface area contributed by atoms with Crippen molar-refractivity contribution in [2.45, 2.75) is 19.8 Å². The third kappa shape index (κ3) is 1.82. The molecule has 6 heteroatoms. The lowest BCUT2D eigenvalue weighted by Crippen LogP contribution is -2.20. The zero-order valence-corrected chi connectivity index (χ0v) is 9.88. The van der Waals surface area contributed by atoms with E-state index < -0.39 is 0 Å². The summed E-state index contributed by atoms with van der Waals surface area (Å²) in [6.07, 6.45) is 3.87. The third-order valence-electron chi connectivity index (χ3n) is 2.58. The summed E-state index contributed by atoms with van der Waals surface area (Å²) in [5, 5.41) is 8.05. The maximum atomic E-state index is 4.27. The fraction of sp³-hybridized carbons (Fsp3) is 0.600. The van der Waals surface area contributed by atoms with E-state index in [2.05, 4.69) is 32.1 Å². The van der Waals surface area contributed by atoms with Crippen LogP contribution in [0, 0.1) is 0 Å². The number of anilines is 1. The zero-order chi connectivity index (χ0) is 11.5. The van der Waals surface area contributed by atoms with E-state index in [-0.39, 0.29) is 0 Å². The highest BCUT2D eigenvalue weighted by Gasteiger charge is 2.12. The predicted octanol–water partition coefficient (Wildman–Crippen LogP) is 0.995. The molecular formula is C10H16N6. The smallest absolute Gasteiger partial charge is 0.183 e. The molecule has 0 N–H and O–H groups in total.